The van der Waals surface area contributed by atoms with Gasteiger partial charge in [0.25, 0.3) is 5.91 Å². The van der Waals surface area contributed by atoms with Crippen LogP contribution in [0.3, 0.4) is 0 Å². The van der Waals surface area contributed by atoms with Crippen LogP contribution in [0.5, 0.6) is 11.5 Å². The third-order valence-electron chi connectivity index (χ3n) is 7.12. The summed E-state index contributed by atoms with van der Waals surface area (Å²) in [7, 11) is 1.39. The molecule has 1 aromatic carbocycles. The van der Waals surface area contributed by atoms with E-state index in [-0.39, 0.29) is 29.7 Å². The summed E-state index contributed by atoms with van der Waals surface area (Å²) in [5.41, 5.74) is 3.38. The first-order valence-corrected chi connectivity index (χ1v) is 14.1. The van der Waals surface area contributed by atoms with E-state index in [1.165, 1.54) is 13.2 Å². The number of hydrogen-bond acceptors (Lipinski definition) is 7. The second-order valence-corrected chi connectivity index (χ2v) is 10.4. The third kappa shape index (κ3) is 5.73. The number of aromatic nitrogens is 2. The van der Waals surface area contributed by atoms with Crippen LogP contribution < -0.4 is 18.4 Å². The number of para-hydroxylation sites is 1. The molecular formula is C26H26FI2N5O5. The molecule has 2 amide bonds. The molecule has 206 valence electrons. The zero-order chi connectivity index (χ0) is 27.5. The Morgan fingerprint density at radius 1 is 1.31 bits per heavy atom. The highest BCUT2D eigenvalue weighted by Crippen LogP contribution is 2.43. The monoisotopic (exact) mass is 761 g/mol. The fourth-order valence-electron chi connectivity index (χ4n) is 5.45. The Bertz CT molecular complexity index is 1390. The van der Waals surface area contributed by atoms with Gasteiger partial charge < -0.3 is 31.4 Å². The summed E-state index contributed by atoms with van der Waals surface area (Å²) in [6.07, 6.45) is 6.04. The van der Waals surface area contributed by atoms with E-state index in [1.807, 2.05) is 0 Å². The van der Waals surface area contributed by atoms with Gasteiger partial charge in [-0.05, 0) is 43.4 Å². The first-order chi connectivity index (χ1) is 18.9. The van der Waals surface area contributed by atoms with E-state index in [0.29, 0.717) is 53.5 Å². The Kier molecular flexibility index (Phi) is 8.64. The minimum absolute atomic E-state index is 0.0412. The molecule has 5 rings (SSSR count). The number of aromatic amines is 1. The minimum atomic E-state index is -0.522. The molecule has 2 aliphatic rings. The van der Waals surface area contributed by atoms with Crippen LogP contribution in [-0.4, -0.2) is 53.1 Å². The molecule has 13 heteroatoms. The van der Waals surface area contributed by atoms with Crippen molar-refractivity contribution in [1.29, 1.82) is 0 Å². The number of likely N-dealkylation sites (tertiary alicyclic amines) is 1. The van der Waals surface area contributed by atoms with Gasteiger partial charge in [-0.3, -0.25) is 9.78 Å². The number of halogens is 3. The van der Waals surface area contributed by atoms with Crippen LogP contribution in [-0.2, 0) is 9.49 Å². The first-order valence-electron chi connectivity index (χ1n) is 12.4. The summed E-state index contributed by atoms with van der Waals surface area (Å²) >= 11 is 3.40. The normalized spacial score (nSPS) is 18.7. The summed E-state index contributed by atoms with van der Waals surface area (Å²) < 4.78 is 30.2. The number of amides is 2. The number of H-pyrrole nitrogens is 1. The van der Waals surface area contributed by atoms with Crippen molar-refractivity contribution in [3.63, 3.8) is 0 Å². The summed E-state index contributed by atoms with van der Waals surface area (Å²) in [4.78, 5) is 34.9. The van der Waals surface area contributed by atoms with E-state index in [2.05, 4.69) is 20.6 Å². The Balaban J connectivity index is 1.49. The molecule has 10 nitrogen and oxygen atoms in total. The van der Waals surface area contributed by atoms with Crippen molar-refractivity contribution in [2.45, 2.75) is 31.7 Å². The Labute approximate surface area is 252 Å². The molecule has 3 aromatic rings. The van der Waals surface area contributed by atoms with Crippen LogP contribution in [0.1, 0.15) is 35.3 Å². The molecule has 2 aromatic heterocycles. The number of carbonyl (C=O) groups is 2. The number of ether oxygens (including phenoxy) is 1. The summed E-state index contributed by atoms with van der Waals surface area (Å²) in [6.45, 7) is 1.27. The standard InChI is InChI=1S/C26H26FI2N5O5/c1-37-24-17(27)5-2-6-18(24)32-23-21-19(33-22(23)16-7-8-30-12-20(16)38-28)11-15(31-25(21)35)10-14-4-3-9-34(13-14)26(36)39-29/h2,5-8,12,14-15,32-33H,3-4,9-11,13H2,1H3,(H,31,35). The Morgan fingerprint density at radius 3 is 2.92 bits per heavy atom. The number of fused-ring (bicyclic) bond motifs is 1. The molecule has 0 spiro atoms. The maximum Gasteiger partial charge on any atom is 0.419 e. The van der Waals surface area contributed by atoms with Gasteiger partial charge in [0.2, 0.25) is 0 Å². The van der Waals surface area contributed by atoms with E-state index in [0.717, 1.165) is 25.0 Å². The van der Waals surface area contributed by atoms with Gasteiger partial charge >= 0.3 is 6.09 Å². The molecule has 0 aliphatic carbocycles. The van der Waals surface area contributed by atoms with Gasteiger partial charge in [0.05, 0.1) is 35.9 Å². The van der Waals surface area contributed by atoms with Crippen molar-refractivity contribution < 1.29 is 24.8 Å². The van der Waals surface area contributed by atoms with Crippen molar-refractivity contribution in [3.8, 4) is 22.8 Å². The number of pyridine rings is 1. The van der Waals surface area contributed by atoms with E-state index in [1.54, 1.807) is 81.5 Å². The summed E-state index contributed by atoms with van der Waals surface area (Å²) in [5, 5.41) is 6.40. The average molecular weight is 761 g/mol. The van der Waals surface area contributed by atoms with Crippen molar-refractivity contribution in [1.82, 2.24) is 20.2 Å². The molecule has 0 bridgehead atoms. The van der Waals surface area contributed by atoms with Crippen molar-refractivity contribution in [3.05, 3.63) is 53.7 Å². The van der Waals surface area contributed by atoms with Crippen molar-refractivity contribution >= 4 is 69.4 Å². The van der Waals surface area contributed by atoms with Gasteiger partial charge in [-0.15, -0.1) is 0 Å². The Morgan fingerprint density at radius 2 is 2.15 bits per heavy atom. The minimum Gasteiger partial charge on any atom is -0.492 e. The zero-order valence-electron chi connectivity index (χ0n) is 20.9. The smallest absolute Gasteiger partial charge is 0.419 e. The van der Waals surface area contributed by atoms with Gasteiger partial charge in [-0.1, -0.05) is 6.07 Å². The highest BCUT2D eigenvalue weighted by atomic mass is 127. The second kappa shape index (κ2) is 12.1. The molecule has 1 saturated heterocycles. The van der Waals surface area contributed by atoms with E-state index in [4.69, 9.17) is 10.9 Å². The number of rotatable bonds is 7. The van der Waals surface area contributed by atoms with Crippen LogP contribution in [0.25, 0.3) is 11.3 Å². The molecule has 2 unspecified atom stereocenters. The number of benzene rings is 1. The third-order valence-corrected chi connectivity index (χ3v) is 7.97. The van der Waals surface area contributed by atoms with Crippen LogP contribution in [0.15, 0.2) is 36.7 Å². The first kappa shape index (κ1) is 27.7. The number of hydrogen-bond donors (Lipinski definition) is 3. The molecule has 0 radical (unpaired) electrons. The number of anilines is 2. The lowest BCUT2D eigenvalue weighted by Gasteiger charge is -2.34. The summed E-state index contributed by atoms with van der Waals surface area (Å²) in [6, 6.07) is 6.24. The molecular weight excluding hydrogens is 735 g/mol. The van der Waals surface area contributed by atoms with Gasteiger partial charge in [-0.2, -0.15) is 0 Å². The number of nitrogens with one attached hydrogen (secondary N) is 3. The van der Waals surface area contributed by atoms with E-state index < -0.39 is 5.82 Å². The van der Waals surface area contributed by atoms with Crippen LogP contribution >= 0.6 is 46.0 Å². The molecule has 1 fully saturated rings. The fourth-order valence-corrected chi connectivity index (χ4v) is 6.08. The quantitative estimate of drug-likeness (QED) is 0.256. The highest BCUT2D eigenvalue weighted by Gasteiger charge is 2.35. The maximum atomic E-state index is 14.5. The second-order valence-electron chi connectivity index (χ2n) is 9.53. The van der Waals surface area contributed by atoms with Crippen molar-refractivity contribution in [2.24, 2.45) is 5.92 Å². The van der Waals surface area contributed by atoms with Crippen LogP contribution in [0.4, 0.5) is 20.6 Å². The lowest BCUT2D eigenvalue weighted by atomic mass is 9.88. The Hall–Kier alpha value is -2.82. The number of carbonyl (C=O) groups excluding carboxylic acids is 2. The molecule has 4 heterocycles. The van der Waals surface area contributed by atoms with Crippen molar-refractivity contribution in [2.75, 3.05) is 25.5 Å². The molecule has 2 aliphatic heterocycles. The number of piperidine rings is 1. The molecule has 39 heavy (non-hydrogen) atoms. The average Bonchev–Trinajstić information content (AvgIpc) is 3.31. The molecule has 3 N–H and O–H groups in total. The predicted octanol–water partition coefficient (Wildman–Crippen LogP) is 5.94. The van der Waals surface area contributed by atoms with Crippen LogP contribution in [0, 0.1) is 11.7 Å². The summed E-state index contributed by atoms with van der Waals surface area (Å²) in [5.74, 6) is 0.0221. The largest absolute Gasteiger partial charge is 0.492 e. The molecule has 2 atom stereocenters. The number of nitrogens with zero attached hydrogens (tertiary/aromatic N) is 2. The SMILES string of the molecule is COc1c(F)cccc1Nc1c(-c2ccncc2OI)[nH]c2c1C(=O)NC(CC1CCCN(C(=O)OI)C1)C2. The van der Waals surface area contributed by atoms with Gasteiger partial charge in [0.1, 0.15) is 0 Å². The van der Waals surface area contributed by atoms with Gasteiger partial charge in [0, 0.05) is 43.0 Å². The predicted molar refractivity (Wildman–Crippen MR) is 159 cm³/mol. The molecule has 0 saturated carbocycles. The van der Waals surface area contributed by atoms with Gasteiger partial charge in [0.15, 0.2) is 63.3 Å². The van der Waals surface area contributed by atoms with Crippen LogP contribution in [0.2, 0.25) is 0 Å². The number of methoxy groups -OCH3 is 1. The van der Waals surface area contributed by atoms with E-state index >= 15 is 0 Å². The highest BCUT2D eigenvalue weighted by molar-refractivity contribution is 14.1. The lowest BCUT2D eigenvalue weighted by molar-refractivity contribution is 0.0905. The fraction of sp³-hybridized carbons (Fsp3) is 0.346. The maximum absolute atomic E-state index is 14.5. The van der Waals surface area contributed by atoms with Gasteiger partial charge in [-0.25, -0.2) is 9.18 Å². The zero-order valence-corrected chi connectivity index (χ0v) is 25.2. The topological polar surface area (TPSA) is 118 Å². The van der Waals surface area contributed by atoms with E-state index in [9.17, 15) is 14.0 Å². The lowest BCUT2D eigenvalue weighted by Crippen LogP contribution is -2.45.